The summed E-state index contributed by atoms with van der Waals surface area (Å²) in [6.07, 6.45) is 8.35. The molecule has 1 saturated heterocycles. The molecule has 2 aliphatic heterocycles. The highest BCUT2D eigenvalue weighted by Gasteiger charge is 2.38. The minimum absolute atomic E-state index is 0.0173. The van der Waals surface area contributed by atoms with Crippen LogP contribution in [0.1, 0.15) is 0 Å². The van der Waals surface area contributed by atoms with Crippen molar-refractivity contribution >= 4 is 17.7 Å². The van der Waals surface area contributed by atoms with E-state index in [1.807, 2.05) is 12.2 Å². The van der Waals surface area contributed by atoms with Crippen LogP contribution >= 0.6 is 11.8 Å². The number of carbonyl (C=O) groups is 1. The maximum Gasteiger partial charge on any atom is 0.251 e. The quantitative estimate of drug-likeness (QED) is 0.607. The Morgan fingerprint density at radius 1 is 1.43 bits per heavy atom. The van der Waals surface area contributed by atoms with Gasteiger partial charge in [0.25, 0.3) is 5.91 Å². The Morgan fingerprint density at radius 3 is 3.29 bits per heavy atom. The van der Waals surface area contributed by atoms with Crippen molar-refractivity contribution in [3.05, 3.63) is 35.5 Å². The van der Waals surface area contributed by atoms with Crippen molar-refractivity contribution in [2.45, 2.75) is 10.5 Å². The number of thioether (sulfide) groups is 1. The number of allylic oxidation sites excluding steroid dienone is 3. The average Bonchev–Trinajstić information content (AvgIpc) is 2.59. The molecule has 2 heterocycles. The van der Waals surface area contributed by atoms with Crippen LogP contribution in [-0.2, 0) is 4.79 Å². The lowest BCUT2D eigenvalue weighted by Crippen LogP contribution is -2.49. The Morgan fingerprint density at radius 2 is 2.36 bits per heavy atom. The maximum absolute atomic E-state index is 11.5. The van der Waals surface area contributed by atoms with Gasteiger partial charge in [-0.15, -0.1) is 11.8 Å². The normalized spacial score (nSPS) is 34.1. The van der Waals surface area contributed by atoms with Gasteiger partial charge in [0.1, 0.15) is 5.25 Å². The maximum atomic E-state index is 11.5. The van der Waals surface area contributed by atoms with E-state index in [0.717, 1.165) is 6.54 Å². The fraction of sp³-hybridized carbons (Fsp3) is 0.300. The number of fused-ring (bicyclic) bond motifs is 2. The molecule has 0 radical (unpaired) electrons. The molecule has 3 aliphatic rings. The number of amides is 1. The first-order chi connectivity index (χ1) is 6.86. The second-order valence-corrected chi connectivity index (χ2v) is 4.76. The summed E-state index contributed by atoms with van der Waals surface area (Å²) in [7, 11) is 0. The van der Waals surface area contributed by atoms with Crippen molar-refractivity contribution < 1.29 is 4.79 Å². The number of rotatable bonds is 0. The van der Waals surface area contributed by atoms with Crippen molar-refractivity contribution in [2.75, 3.05) is 6.54 Å². The fourth-order valence-electron chi connectivity index (χ4n) is 2.02. The van der Waals surface area contributed by atoms with Crippen molar-refractivity contribution in [3.8, 4) is 0 Å². The van der Waals surface area contributed by atoms with Crippen LogP contribution in [0.5, 0.6) is 0 Å². The van der Waals surface area contributed by atoms with Gasteiger partial charge in [-0.1, -0.05) is 24.3 Å². The highest BCUT2D eigenvalue weighted by molar-refractivity contribution is 8.02. The molecule has 0 aromatic heterocycles. The summed E-state index contributed by atoms with van der Waals surface area (Å²) < 4.78 is 0. The van der Waals surface area contributed by atoms with Crippen LogP contribution in [0.25, 0.3) is 0 Å². The zero-order valence-electron chi connectivity index (χ0n) is 7.49. The Hall–Kier alpha value is -1.00. The summed E-state index contributed by atoms with van der Waals surface area (Å²) in [5.41, 5.74) is 8.13. The summed E-state index contributed by atoms with van der Waals surface area (Å²) >= 11 is 1.72. The molecule has 2 N–H and O–H groups in total. The summed E-state index contributed by atoms with van der Waals surface area (Å²) in [4.78, 5) is 11.5. The second-order valence-electron chi connectivity index (χ2n) is 3.50. The molecule has 0 bridgehead atoms. The fourth-order valence-corrected chi connectivity index (χ4v) is 3.44. The first-order valence-corrected chi connectivity index (χ1v) is 5.56. The summed E-state index contributed by atoms with van der Waals surface area (Å²) in [6.45, 7) is 0.771. The third-order valence-corrected chi connectivity index (χ3v) is 4.15. The van der Waals surface area contributed by atoms with Crippen LogP contribution in [0, 0.1) is 0 Å². The molecule has 1 aliphatic carbocycles. The Bertz CT molecular complexity index is 384. The number of hydrazine groups is 1. The van der Waals surface area contributed by atoms with E-state index in [9.17, 15) is 4.79 Å². The van der Waals surface area contributed by atoms with Crippen molar-refractivity contribution in [1.82, 2.24) is 10.9 Å². The van der Waals surface area contributed by atoms with E-state index in [1.54, 1.807) is 11.8 Å². The summed E-state index contributed by atoms with van der Waals surface area (Å²) in [6, 6.07) is 0. The van der Waals surface area contributed by atoms with E-state index in [-0.39, 0.29) is 11.2 Å². The van der Waals surface area contributed by atoms with E-state index >= 15 is 0 Å². The molecule has 4 heteroatoms. The van der Waals surface area contributed by atoms with Crippen molar-refractivity contribution in [2.24, 2.45) is 0 Å². The van der Waals surface area contributed by atoms with Crippen LogP contribution in [-0.4, -0.2) is 23.0 Å². The van der Waals surface area contributed by atoms with Crippen LogP contribution in [0.2, 0.25) is 0 Å². The lowest BCUT2D eigenvalue weighted by molar-refractivity contribution is -0.121. The first kappa shape index (κ1) is 8.32. The molecule has 14 heavy (non-hydrogen) atoms. The first-order valence-electron chi connectivity index (χ1n) is 4.62. The molecular formula is C10H10N2OS. The van der Waals surface area contributed by atoms with Gasteiger partial charge in [0.2, 0.25) is 0 Å². The van der Waals surface area contributed by atoms with Gasteiger partial charge in [-0.3, -0.25) is 10.2 Å². The zero-order chi connectivity index (χ0) is 9.54. The van der Waals surface area contributed by atoms with Gasteiger partial charge < -0.3 is 0 Å². The topological polar surface area (TPSA) is 41.1 Å². The predicted octanol–water partition coefficient (Wildman–Crippen LogP) is 0.527. The van der Waals surface area contributed by atoms with E-state index in [2.05, 4.69) is 23.0 Å². The molecule has 0 spiro atoms. The standard InChI is InChI=1S/C10H10N2OS/c13-10-9-7(5-11-12-10)6-3-1-2-4-8(6)14-9/h1-4,8-9,11H,5H2,(H,12,13). The number of hydrogen-bond acceptors (Lipinski definition) is 3. The van der Waals surface area contributed by atoms with E-state index in [0.29, 0.717) is 5.25 Å². The molecule has 72 valence electrons. The lowest BCUT2D eigenvalue weighted by atomic mass is 9.98. The van der Waals surface area contributed by atoms with Gasteiger partial charge in [0.15, 0.2) is 0 Å². The molecule has 2 unspecified atom stereocenters. The number of nitrogens with one attached hydrogen (secondary N) is 2. The predicted molar refractivity (Wildman–Crippen MR) is 56.6 cm³/mol. The molecule has 3 rings (SSSR count). The molecule has 1 amide bonds. The molecular weight excluding hydrogens is 196 g/mol. The molecule has 0 aromatic rings. The Kier molecular flexibility index (Phi) is 1.78. The SMILES string of the molecule is O=C1NNCC2=C3C=CC=CC3SC12. The smallest absolute Gasteiger partial charge is 0.251 e. The van der Waals surface area contributed by atoms with Crippen LogP contribution in [0.4, 0.5) is 0 Å². The molecule has 3 nitrogen and oxygen atoms in total. The Balaban J connectivity index is 2.04. The van der Waals surface area contributed by atoms with Gasteiger partial charge in [0.05, 0.1) is 0 Å². The third kappa shape index (κ3) is 1.07. The summed E-state index contributed by atoms with van der Waals surface area (Å²) in [5.74, 6) is 0.0833. The Labute approximate surface area is 86.3 Å². The van der Waals surface area contributed by atoms with Crippen molar-refractivity contribution in [3.63, 3.8) is 0 Å². The highest BCUT2D eigenvalue weighted by Crippen LogP contribution is 2.42. The zero-order valence-corrected chi connectivity index (χ0v) is 8.30. The molecule has 1 fully saturated rings. The van der Waals surface area contributed by atoms with Gasteiger partial charge in [0, 0.05) is 11.8 Å². The van der Waals surface area contributed by atoms with Gasteiger partial charge in [-0.05, 0) is 11.1 Å². The lowest BCUT2D eigenvalue weighted by Gasteiger charge is -2.21. The van der Waals surface area contributed by atoms with Crippen LogP contribution in [0.3, 0.4) is 0 Å². The van der Waals surface area contributed by atoms with Crippen LogP contribution < -0.4 is 10.9 Å². The third-order valence-electron chi connectivity index (χ3n) is 2.68. The van der Waals surface area contributed by atoms with E-state index in [4.69, 9.17) is 0 Å². The van der Waals surface area contributed by atoms with Crippen LogP contribution in [0.15, 0.2) is 35.5 Å². The average molecular weight is 206 g/mol. The van der Waals surface area contributed by atoms with E-state index in [1.165, 1.54) is 11.1 Å². The second kappa shape index (κ2) is 3.00. The van der Waals surface area contributed by atoms with Crippen molar-refractivity contribution in [1.29, 1.82) is 0 Å². The molecule has 0 aromatic carbocycles. The van der Waals surface area contributed by atoms with Gasteiger partial charge >= 0.3 is 0 Å². The summed E-state index contributed by atoms with van der Waals surface area (Å²) in [5, 5.41) is 0.397. The molecule has 0 saturated carbocycles. The van der Waals surface area contributed by atoms with Gasteiger partial charge in [-0.25, -0.2) is 5.43 Å². The minimum Gasteiger partial charge on any atom is -0.290 e. The minimum atomic E-state index is 0.0173. The molecule has 2 atom stereocenters. The largest absolute Gasteiger partial charge is 0.290 e. The monoisotopic (exact) mass is 206 g/mol. The number of hydrogen-bond donors (Lipinski definition) is 2. The van der Waals surface area contributed by atoms with E-state index < -0.39 is 0 Å². The van der Waals surface area contributed by atoms with Gasteiger partial charge in [-0.2, -0.15) is 0 Å². The highest BCUT2D eigenvalue weighted by atomic mass is 32.2. The number of carbonyl (C=O) groups excluding carboxylic acids is 1.